The van der Waals surface area contributed by atoms with Gasteiger partial charge in [0.05, 0.1) is 11.4 Å². The van der Waals surface area contributed by atoms with Crippen molar-refractivity contribution in [1.29, 1.82) is 0 Å². The number of hydrogen-bond acceptors (Lipinski definition) is 5. The number of sulfonamides is 1. The van der Waals surface area contributed by atoms with Gasteiger partial charge in [-0.2, -0.15) is 4.31 Å². The number of imide groups is 1. The monoisotopic (exact) mass is 331 g/mol. The number of nitrogens with zero attached hydrogens (tertiary/aromatic N) is 1. The minimum atomic E-state index is -4.00. The van der Waals surface area contributed by atoms with Crippen LogP contribution < -0.4 is 11.1 Å². The predicted octanol–water partition coefficient (Wildman–Crippen LogP) is -0.166. The van der Waals surface area contributed by atoms with Crippen LogP contribution in [0.15, 0.2) is 23.1 Å². The summed E-state index contributed by atoms with van der Waals surface area (Å²) >= 11 is 5.96. The lowest BCUT2D eigenvalue weighted by Crippen LogP contribution is -2.58. The lowest BCUT2D eigenvalue weighted by molar-refractivity contribution is -0.136. The molecule has 0 saturated carbocycles. The maximum atomic E-state index is 12.5. The van der Waals surface area contributed by atoms with Gasteiger partial charge >= 0.3 is 0 Å². The molecule has 2 rings (SSSR count). The lowest BCUT2D eigenvalue weighted by Gasteiger charge is -2.30. The molecule has 1 aliphatic rings. The molecule has 0 spiro atoms. The van der Waals surface area contributed by atoms with Crippen LogP contribution in [0.4, 0.5) is 0 Å². The fraction of sp³-hybridized carbons (Fsp3) is 0.333. The van der Waals surface area contributed by atoms with E-state index in [1.165, 1.54) is 25.1 Å². The lowest BCUT2D eigenvalue weighted by atomic mass is 10.2. The summed E-state index contributed by atoms with van der Waals surface area (Å²) in [6.07, 6.45) is 0. The average molecular weight is 332 g/mol. The van der Waals surface area contributed by atoms with Gasteiger partial charge in [-0.15, -0.1) is 0 Å². The van der Waals surface area contributed by atoms with E-state index in [-0.39, 0.29) is 16.5 Å². The number of amides is 2. The van der Waals surface area contributed by atoms with Gasteiger partial charge in [-0.05, 0) is 24.6 Å². The number of carbonyl (C=O) groups excluding carboxylic acids is 2. The van der Waals surface area contributed by atoms with Crippen LogP contribution in [0.5, 0.6) is 0 Å². The fourth-order valence-corrected chi connectivity index (χ4v) is 3.87. The molecule has 3 N–H and O–H groups in total. The Morgan fingerprint density at radius 2 is 2.10 bits per heavy atom. The molecule has 0 radical (unpaired) electrons. The number of benzene rings is 1. The molecule has 1 aromatic carbocycles. The SMILES string of the molecule is CC1C(=O)NC(=O)CN1S(=O)(=O)c1ccc(CN)c(Cl)c1. The highest BCUT2D eigenvalue weighted by Crippen LogP contribution is 2.25. The third-order valence-corrected chi connectivity index (χ3v) is 5.49. The van der Waals surface area contributed by atoms with Crippen molar-refractivity contribution < 1.29 is 18.0 Å². The Labute approximate surface area is 127 Å². The Hall–Kier alpha value is -1.48. The average Bonchev–Trinajstić information content (AvgIpc) is 2.42. The van der Waals surface area contributed by atoms with E-state index in [0.29, 0.717) is 5.56 Å². The van der Waals surface area contributed by atoms with Crippen LogP contribution >= 0.6 is 11.6 Å². The van der Waals surface area contributed by atoms with Crippen molar-refractivity contribution in [2.75, 3.05) is 6.54 Å². The first-order valence-electron chi connectivity index (χ1n) is 6.11. The van der Waals surface area contributed by atoms with Crippen molar-refractivity contribution in [3.8, 4) is 0 Å². The quantitative estimate of drug-likeness (QED) is 0.748. The predicted molar refractivity (Wildman–Crippen MR) is 75.8 cm³/mol. The molecular formula is C12H14ClN3O4S. The van der Waals surface area contributed by atoms with Gasteiger partial charge in [0.25, 0.3) is 0 Å². The molecule has 1 heterocycles. The summed E-state index contributed by atoms with van der Waals surface area (Å²) in [7, 11) is -4.00. The highest BCUT2D eigenvalue weighted by molar-refractivity contribution is 7.89. The molecule has 0 aliphatic carbocycles. The number of hydrogen-bond donors (Lipinski definition) is 2. The molecule has 1 fully saturated rings. The van der Waals surface area contributed by atoms with E-state index in [4.69, 9.17) is 17.3 Å². The summed E-state index contributed by atoms with van der Waals surface area (Å²) in [5, 5.41) is 2.31. The minimum absolute atomic E-state index is 0.0842. The Bertz CT molecular complexity index is 704. The van der Waals surface area contributed by atoms with Crippen molar-refractivity contribution in [1.82, 2.24) is 9.62 Å². The standard InChI is InChI=1S/C12H14ClN3O4S/c1-7-12(18)15-11(17)6-16(7)21(19,20)9-3-2-8(5-14)10(13)4-9/h2-4,7H,5-6,14H2,1H3,(H,15,17,18). The van der Waals surface area contributed by atoms with E-state index >= 15 is 0 Å². The van der Waals surface area contributed by atoms with Crippen molar-refractivity contribution in [2.45, 2.75) is 24.4 Å². The summed E-state index contributed by atoms with van der Waals surface area (Å²) in [4.78, 5) is 22.9. The van der Waals surface area contributed by atoms with Crippen LogP contribution in [-0.4, -0.2) is 37.1 Å². The van der Waals surface area contributed by atoms with Crippen LogP contribution in [0.2, 0.25) is 5.02 Å². The molecular weight excluding hydrogens is 318 g/mol. The first-order valence-corrected chi connectivity index (χ1v) is 7.93. The van der Waals surface area contributed by atoms with Gasteiger partial charge in [-0.1, -0.05) is 17.7 Å². The molecule has 21 heavy (non-hydrogen) atoms. The van der Waals surface area contributed by atoms with Crippen molar-refractivity contribution >= 4 is 33.4 Å². The van der Waals surface area contributed by atoms with E-state index in [1.807, 2.05) is 0 Å². The minimum Gasteiger partial charge on any atom is -0.326 e. The zero-order chi connectivity index (χ0) is 15.8. The molecule has 0 bridgehead atoms. The van der Waals surface area contributed by atoms with Crippen molar-refractivity contribution in [3.05, 3.63) is 28.8 Å². The van der Waals surface area contributed by atoms with Gasteiger partial charge in [0, 0.05) is 11.6 Å². The van der Waals surface area contributed by atoms with Crippen LogP contribution in [0.3, 0.4) is 0 Å². The van der Waals surface area contributed by atoms with Crippen LogP contribution in [0.1, 0.15) is 12.5 Å². The Kier molecular flexibility index (Phi) is 4.33. The fourth-order valence-electron chi connectivity index (χ4n) is 1.97. The van der Waals surface area contributed by atoms with Crippen LogP contribution in [-0.2, 0) is 26.2 Å². The van der Waals surface area contributed by atoms with Gasteiger partial charge in [0.2, 0.25) is 21.8 Å². The van der Waals surface area contributed by atoms with Crippen LogP contribution in [0, 0.1) is 0 Å². The van der Waals surface area contributed by atoms with Gasteiger partial charge < -0.3 is 5.73 Å². The molecule has 7 nitrogen and oxygen atoms in total. The Morgan fingerprint density at radius 3 is 2.67 bits per heavy atom. The highest BCUT2D eigenvalue weighted by atomic mass is 35.5. The summed E-state index contributed by atoms with van der Waals surface area (Å²) in [5.74, 6) is -1.31. The first kappa shape index (κ1) is 15.9. The normalized spacial score (nSPS) is 20.4. The van der Waals surface area contributed by atoms with Crippen molar-refractivity contribution in [3.63, 3.8) is 0 Å². The second kappa shape index (κ2) is 5.72. The van der Waals surface area contributed by atoms with E-state index in [9.17, 15) is 18.0 Å². The maximum Gasteiger partial charge on any atom is 0.244 e. The van der Waals surface area contributed by atoms with E-state index < -0.39 is 34.4 Å². The highest BCUT2D eigenvalue weighted by Gasteiger charge is 2.39. The molecule has 0 aromatic heterocycles. The topological polar surface area (TPSA) is 110 Å². The third kappa shape index (κ3) is 2.93. The number of piperazine rings is 1. The second-order valence-electron chi connectivity index (χ2n) is 4.60. The van der Waals surface area contributed by atoms with E-state index in [1.54, 1.807) is 0 Å². The smallest absolute Gasteiger partial charge is 0.244 e. The van der Waals surface area contributed by atoms with Crippen molar-refractivity contribution in [2.24, 2.45) is 5.73 Å². The number of nitrogens with two attached hydrogens (primary N) is 1. The van der Waals surface area contributed by atoms with Gasteiger partial charge in [-0.3, -0.25) is 14.9 Å². The zero-order valence-corrected chi connectivity index (χ0v) is 12.7. The second-order valence-corrected chi connectivity index (χ2v) is 6.89. The molecule has 9 heteroatoms. The molecule has 1 aliphatic heterocycles. The van der Waals surface area contributed by atoms with E-state index in [2.05, 4.69) is 5.32 Å². The summed E-state index contributed by atoms with van der Waals surface area (Å²) in [6.45, 7) is 1.18. The van der Waals surface area contributed by atoms with Crippen LogP contribution in [0.25, 0.3) is 0 Å². The first-order chi connectivity index (χ1) is 9.77. The molecule has 2 amide bonds. The number of halogens is 1. The Balaban J connectivity index is 2.43. The summed E-state index contributed by atoms with van der Waals surface area (Å²) in [5.41, 5.74) is 6.08. The number of carbonyl (C=O) groups is 2. The third-order valence-electron chi connectivity index (χ3n) is 3.22. The summed E-state index contributed by atoms with van der Waals surface area (Å²) < 4.78 is 25.9. The molecule has 1 atom stereocenters. The molecule has 1 unspecified atom stereocenters. The number of rotatable bonds is 3. The van der Waals surface area contributed by atoms with Gasteiger partial charge in [0.1, 0.15) is 6.04 Å². The van der Waals surface area contributed by atoms with Gasteiger partial charge in [0.15, 0.2) is 0 Å². The maximum absolute atomic E-state index is 12.5. The molecule has 114 valence electrons. The summed E-state index contributed by atoms with van der Waals surface area (Å²) in [6, 6.07) is 3.16. The molecule has 1 saturated heterocycles. The largest absolute Gasteiger partial charge is 0.326 e. The zero-order valence-electron chi connectivity index (χ0n) is 11.2. The van der Waals surface area contributed by atoms with E-state index in [0.717, 1.165) is 4.31 Å². The number of nitrogens with one attached hydrogen (secondary N) is 1. The van der Waals surface area contributed by atoms with Gasteiger partial charge in [-0.25, -0.2) is 8.42 Å². The molecule has 1 aromatic rings. The Morgan fingerprint density at radius 1 is 1.43 bits per heavy atom.